The van der Waals surface area contributed by atoms with E-state index in [2.05, 4.69) is 25.6 Å². The van der Waals surface area contributed by atoms with Gasteiger partial charge in [0.25, 0.3) is 0 Å². The number of rotatable bonds is 7. The van der Waals surface area contributed by atoms with Gasteiger partial charge in [-0.1, -0.05) is 42.0 Å². The molecule has 1 amide bonds. The van der Waals surface area contributed by atoms with Gasteiger partial charge in [0.05, 0.1) is 18.4 Å². The van der Waals surface area contributed by atoms with Gasteiger partial charge in [0.15, 0.2) is 0 Å². The zero-order chi connectivity index (χ0) is 22.3. The maximum Gasteiger partial charge on any atom is 0.407 e. The third kappa shape index (κ3) is 5.40. The summed E-state index contributed by atoms with van der Waals surface area (Å²) in [6.07, 6.45) is 7.11. The Balaban J connectivity index is 1.39. The third-order valence-electron chi connectivity index (χ3n) is 5.53. The van der Waals surface area contributed by atoms with E-state index >= 15 is 0 Å². The van der Waals surface area contributed by atoms with Crippen molar-refractivity contribution in [3.63, 3.8) is 0 Å². The van der Waals surface area contributed by atoms with Crippen LogP contribution in [0, 0.1) is 6.92 Å². The van der Waals surface area contributed by atoms with Crippen molar-refractivity contribution < 1.29 is 14.3 Å². The minimum Gasteiger partial charge on any atom is -0.473 e. The molecular formula is C23H28N6O3. The SMILES string of the molecule is Cc1nc(-c2nnn(C)c2CNC(=O)OCc2ccccc2)cnc1OC1CCCCC1. The van der Waals surface area contributed by atoms with E-state index in [1.807, 2.05) is 37.3 Å². The molecule has 1 fully saturated rings. The van der Waals surface area contributed by atoms with Crippen molar-refractivity contribution in [3.05, 3.63) is 53.5 Å². The van der Waals surface area contributed by atoms with Gasteiger partial charge >= 0.3 is 6.09 Å². The van der Waals surface area contributed by atoms with Crippen LogP contribution in [-0.2, 0) is 24.9 Å². The predicted molar refractivity (Wildman–Crippen MR) is 118 cm³/mol. The van der Waals surface area contributed by atoms with E-state index in [1.54, 1.807) is 17.9 Å². The molecule has 1 N–H and O–H groups in total. The molecule has 0 bridgehead atoms. The van der Waals surface area contributed by atoms with Gasteiger partial charge in [0.2, 0.25) is 5.88 Å². The first-order valence-corrected chi connectivity index (χ1v) is 10.9. The first-order valence-electron chi connectivity index (χ1n) is 10.9. The molecule has 0 unspecified atom stereocenters. The Morgan fingerprint density at radius 1 is 1.19 bits per heavy atom. The van der Waals surface area contributed by atoms with Crippen molar-refractivity contribution >= 4 is 6.09 Å². The van der Waals surface area contributed by atoms with E-state index in [4.69, 9.17) is 9.47 Å². The predicted octanol–water partition coefficient (Wildman–Crippen LogP) is 3.72. The molecule has 4 rings (SSSR count). The molecule has 3 aromatic rings. The van der Waals surface area contributed by atoms with E-state index in [1.165, 1.54) is 19.3 Å². The maximum atomic E-state index is 12.1. The first-order chi connectivity index (χ1) is 15.6. The second-order valence-electron chi connectivity index (χ2n) is 7.95. The van der Waals surface area contributed by atoms with Crippen LogP contribution in [0.5, 0.6) is 5.88 Å². The lowest BCUT2D eigenvalue weighted by atomic mass is 9.98. The minimum absolute atomic E-state index is 0.202. The summed E-state index contributed by atoms with van der Waals surface area (Å²) >= 11 is 0. The second-order valence-corrected chi connectivity index (χ2v) is 7.95. The zero-order valence-corrected chi connectivity index (χ0v) is 18.5. The summed E-state index contributed by atoms with van der Waals surface area (Å²) in [5, 5.41) is 11.1. The molecule has 0 radical (unpaired) electrons. The first kappa shape index (κ1) is 21.7. The topological polar surface area (TPSA) is 104 Å². The number of benzene rings is 1. The van der Waals surface area contributed by atoms with Crippen molar-refractivity contribution in [3.8, 4) is 17.3 Å². The van der Waals surface area contributed by atoms with E-state index in [-0.39, 0.29) is 19.3 Å². The van der Waals surface area contributed by atoms with Crippen LogP contribution in [0.1, 0.15) is 49.1 Å². The Hall–Kier alpha value is -3.49. The highest BCUT2D eigenvalue weighted by Crippen LogP contribution is 2.26. The molecule has 0 atom stereocenters. The Bertz CT molecular complexity index is 1050. The Labute approximate surface area is 187 Å². The van der Waals surface area contributed by atoms with E-state index in [9.17, 15) is 4.79 Å². The smallest absolute Gasteiger partial charge is 0.407 e. The van der Waals surface area contributed by atoms with Crippen LogP contribution in [0.15, 0.2) is 36.5 Å². The van der Waals surface area contributed by atoms with Crippen molar-refractivity contribution in [2.75, 3.05) is 0 Å². The van der Waals surface area contributed by atoms with E-state index < -0.39 is 6.09 Å². The number of carbonyl (C=O) groups excluding carboxylic acids is 1. The van der Waals surface area contributed by atoms with Gasteiger partial charge in [-0.15, -0.1) is 5.10 Å². The van der Waals surface area contributed by atoms with Crippen molar-refractivity contribution in [2.24, 2.45) is 7.05 Å². The fourth-order valence-electron chi connectivity index (χ4n) is 3.75. The molecule has 9 nitrogen and oxygen atoms in total. The number of hydrogen-bond acceptors (Lipinski definition) is 7. The average Bonchev–Trinajstić information content (AvgIpc) is 3.19. The number of alkyl carbamates (subject to hydrolysis) is 1. The summed E-state index contributed by atoms with van der Waals surface area (Å²) in [5.41, 5.74) is 3.49. The van der Waals surface area contributed by atoms with Crippen molar-refractivity contribution in [2.45, 2.75) is 58.3 Å². The van der Waals surface area contributed by atoms with Gasteiger partial charge in [0.1, 0.15) is 29.8 Å². The lowest BCUT2D eigenvalue weighted by Gasteiger charge is -2.22. The molecule has 0 spiro atoms. The Morgan fingerprint density at radius 2 is 1.97 bits per heavy atom. The largest absolute Gasteiger partial charge is 0.473 e. The van der Waals surface area contributed by atoms with Gasteiger partial charge in [-0.2, -0.15) is 0 Å². The fraction of sp³-hybridized carbons (Fsp3) is 0.435. The number of carbonyl (C=O) groups is 1. The van der Waals surface area contributed by atoms with Gasteiger partial charge in [-0.25, -0.2) is 19.4 Å². The fourth-order valence-corrected chi connectivity index (χ4v) is 3.75. The molecule has 0 aliphatic heterocycles. The van der Waals surface area contributed by atoms with Crippen LogP contribution in [0.25, 0.3) is 11.4 Å². The molecule has 1 aliphatic carbocycles. The van der Waals surface area contributed by atoms with E-state index in [0.29, 0.717) is 28.7 Å². The van der Waals surface area contributed by atoms with Crippen LogP contribution in [0.4, 0.5) is 4.79 Å². The molecule has 32 heavy (non-hydrogen) atoms. The molecule has 1 saturated carbocycles. The van der Waals surface area contributed by atoms with Crippen molar-refractivity contribution in [1.29, 1.82) is 0 Å². The molecule has 0 saturated heterocycles. The Kier molecular flexibility index (Phi) is 6.94. The van der Waals surface area contributed by atoms with Gasteiger partial charge in [-0.3, -0.25) is 0 Å². The quantitative estimate of drug-likeness (QED) is 0.602. The van der Waals surface area contributed by atoms with Gasteiger partial charge in [-0.05, 0) is 38.2 Å². The Morgan fingerprint density at radius 3 is 2.72 bits per heavy atom. The summed E-state index contributed by atoms with van der Waals surface area (Å²) < 4.78 is 12.9. The van der Waals surface area contributed by atoms with Gasteiger partial charge < -0.3 is 14.8 Å². The van der Waals surface area contributed by atoms with Crippen LogP contribution >= 0.6 is 0 Å². The molecule has 2 aromatic heterocycles. The number of nitrogens with one attached hydrogen (secondary N) is 1. The molecule has 1 aromatic carbocycles. The summed E-state index contributed by atoms with van der Waals surface area (Å²) in [6.45, 7) is 2.29. The normalized spacial score (nSPS) is 14.2. The molecular weight excluding hydrogens is 408 g/mol. The highest BCUT2D eigenvalue weighted by molar-refractivity contribution is 5.67. The monoisotopic (exact) mass is 436 g/mol. The lowest BCUT2D eigenvalue weighted by Crippen LogP contribution is -2.25. The maximum absolute atomic E-state index is 12.1. The van der Waals surface area contributed by atoms with Crippen LogP contribution in [-0.4, -0.2) is 37.2 Å². The van der Waals surface area contributed by atoms with Crippen LogP contribution in [0.3, 0.4) is 0 Å². The number of hydrogen-bond donors (Lipinski definition) is 1. The molecule has 1 aliphatic rings. The lowest BCUT2D eigenvalue weighted by molar-refractivity contribution is 0.139. The summed E-state index contributed by atoms with van der Waals surface area (Å²) in [7, 11) is 1.77. The highest BCUT2D eigenvalue weighted by Gasteiger charge is 2.20. The minimum atomic E-state index is -0.514. The molecule has 9 heteroatoms. The van der Waals surface area contributed by atoms with E-state index in [0.717, 1.165) is 18.4 Å². The summed E-state index contributed by atoms with van der Waals surface area (Å²) in [6, 6.07) is 9.52. The molecule has 168 valence electrons. The van der Waals surface area contributed by atoms with Crippen molar-refractivity contribution in [1.82, 2.24) is 30.3 Å². The number of aryl methyl sites for hydroxylation is 2. The van der Waals surface area contributed by atoms with Crippen LogP contribution in [0.2, 0.25) is 0 Å². The number of aromatic nitrogens is 5. The highest BCUT2D eigenvalue weighted by atomic mass is 16.5. The number of nitrogens with zero attached hydrogens (tertiary/aromatic N) is 5. The van der Waals surface area contributed by atoms with Gasteiger partial charge in [0, 0.05) is 7.05 Å². The molecule has 2 heterocycles. The number of amides is 1. The third-order valence-corrected chi connectivity index (χ3v) is 5.53. The summed E-state index contributed by atoms with van der Waals surface area (Å²) in [4.78, 5) is 21.3. The van der Waals surface area contributed by atoms with Crippen LogP contribution < -0.4 is 10.1 Å². The average molecular weight is 437 g/mol. The second kappa shape index (κ2) is 10.2. The summed E-state index contributed by atoms with van der Waals surface area (Å²) in [5.74, 6) is 0.564. The standard InChI is InChI=1S/C23H28N6O3/c1-16-22(32-18-11-7-4-8-12-18)24-13-19(26-16)21-20(29(2)28-27-21)14-25-23(30)31-15-17-9-5-3-6-10-17/h3,5-6,9-10,13,18H,4,7-8,11-12,14-15H2,1-2H3,(H,25,30). The zero-order valence-electron chi connectivity index (χ0n) is 18.5. The number of ether oxygens (including phenoxy) is 2.